The molecule has 1 saturated heterocycles. The largest absolute Gasteiger partial charge is 0.370 e. The topological polar surface area (TPSA) is 45.4 Å². The summed E-state index contributed by atoms with van der Waals surface area (Å²) in [6.07, 6.45) is 7.30. The van der Waals surface area contributed by atoms with Gasteiger partial charge in [-0.05, 0) is 37.9 Å². The van der Waals surface area contributed by atoms with Crippen molar-refractivity contribution in [1.29, 1.82) is 0 Å². The maximum absolute atomic E-state index is 5.73. The third-order valence-electron chi connectivity index (χ3n) is 4.05. The molecule has 0 aromatic carbocycles. The van der Waals surface area contributed by atoms with Gasteiger partial charge in [-0.25, -0.2) is 0 Å². The molecule has 106 valence electrons. The molecule has 0 aliphatic carbocycles. The van der Waals surface area contributed by atoms with Crippen LogP contribution in [0.3, 0.4) is 0 Å². The van der Waals surface area contributed by atoms with E-state index in [4.69, 9.17) is 5.73 Å². The lowest BCUT2D eigenvalue weighted by Gasteiger charge is -2.30. The first-order chi connectivity index (χ1) is 9.35. The van der Waals surface area contributed by atoms with E-state index in [9.17, 15) is 0 Å². The Morgan fingerprint density at radius 3 is 2.68 bits per heavy atom. The summed E-state index contributed by atoms with van der Waals surface area (Å²) in [5.74, 6) is 0. The van der Waals surface area contributed by atoms with E-state index >= 15 is 0 Å². The molecular weight excluding hydrogens is 236 g/mol. The van der Waals surface area contributed by atoms with Crippen LogP contribution in [0, 0.1) is 0 Å². The molecule has 0 bridgehead atoms. The van der Waals surface area contributed by atoms with Crippen LogP contribution in [0.4, 0.5) is 5.69 Å². The minimum atomic E-state index is 0.655. The van der Waals surface area contributed by atoms with Gasteiger partial charge >= 0.3 is 0 Å². The van der Waals surface area contributed by atoms with Gasteiger partial charge in [-0.2, -0.15) is 0 Å². The van der Waals surface area contributed by atoms with E-state index in [1.165, 1.54) is 25.1 Å². The lowest BCUT2D eigenvalue weighted by molar-refractivity contribution is 0.196. The van der Waals surface area contributed by atoms with Gasteiger partial charge in [-0.3, -0.25) is 9.88 Å². The summed E-state index contributed by atoms with van der Waals surface area (Å²) in [6, 6.07) is 4.86. The van der Waals surface area contributed by atoms with Gasteiger partial charge in [-0.15, -0.1) is 0 Å². The molecule has 2 N–H and O–H groups in total. The molecule has 0 radical (unpaired) electrons. The molecule has 1 unspecified atom stereocenters. The van der Waals surface area contributed by atoms with E-state index in [0.29, 0.717) is 6.04 Å². The van der Waals surface area contributed by atoms with Crippen LogP contribution in [0.1, 0.15) is 26.2 Å². The van der Waals surface area contributed by atoms with Crippen LogP contribution in [-0.2, 0) is 0 Å². The first kappa shape index (κ1) is 14.3. The number of hydrogen-bond acceptors (Lipinski definition) is 4. The van der Waals surface area contributed by atoms with Gasteiger partial charge in [0.05, 0.1) is 0 Å². The number of hydrogen-bond donors (Lipinski definition) is 1. The Bertz CT molecular complexity index is 354. The lowest BCUT2D eigenvalue weighted by atomic mass is 10.1. The number of pyridine rings is 1. The average molecular weight is 262 g/mol. The van der Waals surface area contributed by atoms with Gasteiger partial charge in [-0.1, -0.05) is 6.92 Å². The van der Waals surface area contributed by atoms with Crippen molar-refractivity contribution < 1.29 is 0 Å². The van der Waals surface area contributed by atoms with Crippen molar-refractivity contribution in [1.82, 2.24) is 9.88 Å². The zero-order chi connectivity index (χ0) is 13.5. The van der Waals surface area contributed by atoms with Crippen LogP contribution >= 0.6 is 0 Å². The predicted octanol–water partition coefficient (Wildman–Crippen LogP) is 1.72. The Morgan fingerprint density at radius 1 is 1.21 bits per heavy atom. The quantitative estimate of drug-likeness (QED) is 0.877. The van der Waals surface area contributed by atoms with Gasteiger partial charge in [0.1, 0.15) is 0 Å². The Morgan fingerprint density at radius 2 is 2.00 bits per heavy atom. The molecule has 1 aromatic rings. The summed E-state index contributed by atoms with van der Waals surface area (Å²) < 4.78 is 0. The third kappa shape index (κ3) is 3.91. The molecule has 2 heterocycles. The molecule has 0 amide bonds. The van der Waals surface area contributed by atoms with Crippen molar-refractivity contribution in [3.05, 3.63) is 24.5 Å². The second-order valence-corrected chi connectivity index (χ2v) is 5.22. The highest BCUT2D eigenvalue weighted by atomic mass is 15.2. The van der Waals surface area contributed by atoms with Gasteiger partial charge in [0.15, 0.2) is 0 Å². The fourth-order valence-corrected chi connectivity index (χ4v) is 2.95. The number of rotatable bonds is 5. The summed E-state index contributed by atoms with van der Waals surface area (Å²) in [5, 5.41) is 0. The van der Waals surface area contributed by atoms with E-state index in [2.05, 4.69) is 33.8 Å². The average Bonchev–Trinajstić information content (AvgIpc) is 2.71. The summed E-state index contributed by atoms with van der Waals surface area (Å²) >= 11 is 0. The van der Waals surface area contributed by atoms with Crippen molar-refractivity contribution in [3.8, 4) is 0 Å². The van der Waals surface area contributed by atoms with E-state index in [1.54, 1.807) is 0 Å². The smallest absolute Gasteiger partial charge is 0.0397 e. The fourth-order valence-electron chi connectivity index (χ4n) is 2.95. The molecule has 1 fully saturated rings. The first-order valence-electron chi connectivity index (χ1n) is 7.44. The van der Waals surface area contributed by atoms with E-state index in [0.717, 1.165) is 32.6 Å². The molecule has 19 heavy (non-hydrogen) atoms. The van der Waals surface area contributed by atoms with Crippen molar-refractivity contribution >= 4 is 5.69 Å². The SMILES string of the molecule is CCC(CCN)N1CCCN(c2ccncc2)CC1. The minimum Gasteiger partial charge on any atom is -0.370 e. The summed E-state index contributed by atoms with van der Waals surface area (Å²) in [5.41, 5.74) is 7.02. The molecule has 0 spiro atoms. The molecular formula is C15H26N4. The van der Waals surface area contributed by atoms with Crippen LogP contribution in [0.15, 0.2) is 24.5 Å². The van der Waals surface area contributed by atoms with Crippen LogP contribution in [-0.4, -0.2) is 48.6 Å². The zero-order valence-corrected chi connectivity index (χ0v) is 12.0. The number of nitrogens with zero attached hydrogens (tertiary/aromatic N) is 3. The zero-order valence-electron chi connectivity index (χ0n) is 12.0. The van der Waals surface area contributed by atoms with Crippen molar-refractivity contribution in [2.24, 2.45) is 5.73 Å². The highest BCUT2D eigenvalue weighted by Crippen LogP contribution is 2.17. The van der Waals surface area contributed by atoms with Gasteiger partial charge < -0.3 is 10.6 Å². The number of nitrogens with two attached hydrogens (primary N) is 1. The molecule has 1 aliphatic heterocycles. The summed E-state index contributed by atoms with van der Waals surface area (Å²) in [4.78, 5) is 9.18. The third-order valence-corrected chi connectivity index (χ3v) is 4.05. The Kier molecular flexibility index (Phi) is 5.61. The van der Waals surface area contributed by atoms with E-state index in [1.807, 2.05) is 12.4 Å². The van der Waals surface area contributed by atoms with Crippen molar-refractivity contribution in [2.45, 2.75) is 32.2 Å². The van der Waals surface area contributed by atoms with E-state index < -0.39 is 0 Å². The number of aromatic nitrogens is 1. The van der Waals surface area contributed by atoms with Crippen molar-refractivity contribution in [2.75, 3.05) is 37.6 Å². The highest BCUT2D eigenvalue weighted by molar-refractivity contribution is 5.44. The Balaban J connectivity index is 1.94. The molecule has 0 saturated carbocycles. The predicted molar refractivity (Wildman–Crippen MR) is 80.4 cm³/mol. The lowest BCUT2D eigenvalue weighted by Crippen LogP contribution is -2.39. The van der Waals surface area contributed by atoms with Crippen molar-refractivity contribution in [3.63, 3.8) is 0 Å². The Hall–Kier alpha value is -1.13. The first-order valence-corrected chi connectivity index (χ1v) is 7.44. The standard InChI is InChI=1S/C15H26N4/c1-2-14(4-7-16)18-10-3-11-19(13-12-18)15-5-8-17-9-6-15/h5-6,8-9,14H,2-4,7,10-13,16H2,1H3. The molecule has 1 aliphatic rings. The van der Waals surface area contributed by atoms with Crippen LogP contribution in [0.5, 0.6) is 0 Å². The van der Waals surface area contributed by atoms with Gasteiger partial charge in [0.2, 0.25) is 0 Å². The fraction of sp³-hybridized carbons (Fsp3) is 0.667. The maximum Gasteiger partial charge on any atom is 0.0397 e. The molecule has 2 rings (SSSR count). The highest BCUT2D eigenvalue weighted by Gasteiger charge is 2.20. The Labute approximate surface area is 116 Å². The summed E-state index contributed by atoms with van der Waals surface area (Å²) in [6.45, 7) is 7.64. The van der Waals surface area contributed by atoms with Crippen LogP contribution in [0.25, 0.3) is 0 Å². The normalized spacial score (nSPS) is 19.2. The maximum atomic E-state index is 5.73. The second-order valence-electron chi connectivity index (χ2n) is 5.22. The molecule has 1 atom stereocenters. The van der Waals surface area contributed by atoms with Gasteiger partial charge in [0, 0.05) is 50.3 Å². The van der Waals surface area contributed by atoms with Crippen LogP contribution in [0.2, 0.25) is 0 Å². The van der Waals surface area contributed by atoms with Gasteiger partial charge in [0.25, 0.3) is 0 Å². The number of anilines is 1. The summed E-state index contributed by atoms with van der Waals surface area (Å²) in [7, 11) is 0. The minimum absolute atomic E-state index is 0.655. The molecule has 1 aromatic heterocycles. The monoisotopic (exact) mass is 262 g/mol. The van der Waals surface area contributed by atoms with E-state index in [-0.39, 0.29) is 0 Å². The molecule has 4 nitrogen and oxygen atoms in total. The second kappa shape index (κ2) is 7.46. The molecule has 4 heteroatoms. The van der Waals surface area contributed by atoms with Crippen LogP contribution < -0.4 is 10.6 Å².